The summed E-state index contributed by atoms with van der Waals surface area (Å²) in [6, 6.07) is 6.68. The van der Waals surface area contributed by atoms with Crippen LogP contribution in [0.4, 0.5) is 4.39 Å². The maximum atomic E-state index is 13.8. The summed E-state index contributed by atoms with van der Waals surface area (Å²) in [5.74, 6) is -0.358. The van der Waals surface area contributed by atoms with E-state index in [0.717, 1.165) is 16.8 Å². The molecule has 2 N–H and O–H groups in total. The molecule has 0 bridgehead atoms. The Hall–Kier alpha value is -2.03. The Morgan fingerprint density at radius 2 is 2.04 bits per heavy atom. The minimum atomic E-state index is -3.53. The summed E-state index contributed by atoms with van der Waals surface area (Å²) in [4.78, 5) is 0.204. The Bertz CT molecular complexity index is 901. The standard InChI is InChI=1S/C17H23FN4O2S/c1-12-17(13(2)22(20-12)11-15(18)8-9-19)14-6-5-7-16(10-14)25(23,24)21(3)4/h5-8,10H,9,11,19H2,1-4H3/b15-8-. The fourth-order valence-corrected chi connectivity index (χ4v) is 3.58. The first-order valence-corrected chi connectivity index (χ1v) is 9.24. The van der Waals surface area contributed by atoms with Crippen molar-refractivity contribution in [2.24, 2.45) is 5.73 Å². The molecule has 0 atom stereocenters. The molecule has 8 heteroatoms. The van der Waals surface area contributed by atoms with E-state index in [4.69, 9.17) is 5.73 Å². The van der Waals surface area contributed by atoms with Gasteiger partial charge in [0.25, 0.3) is 0 Å². The van der Waals surface area contributed by atoms with Crippen LogP contribution in [-0.2, 0) is 16.6 Å². The zero-order valence-corrected chi connectivity index (χ0v) is 15.6. The summed E-state index contributed by atoms with van der Waals surface area (Å²) in [5, 5.41) is 4.37. The normalized spacial score (nSPS) is 12.8. The van der Waals surface area contributed by atoms with Crippen LogP contribution in [0.25, 0.3) is 11.1 Å². The Morgan fingerprint density at radius 3 is 2.64 bits per heavy atom. The first-order chi connectivity index (χ1) is 11.7. The highest BCUT2D eigenvalue weighted by Crippen LogP contribution is 2.29. The third-order valence-electron chi connectivity index (χ3n) is 3.92. The van der Waals surface area contributed by atoms with E-state index in [2.05, 4.69) is 5.10 Å². The van der Waals surface area contributed by atoms with Crippen molar-refractivity contribution in [3.63, 3.8) is 0 Å². The van der Waals surface area contributed by atoms with Crippen molar-refractivity contribution in [2.75, 3.05) is 20.6 Å². The Morgan fingerprint density at radius 1 is 1.36 bits per heavy atom. The van der Waals surface area contributed by atoms with E-state index in [9.17, 15) is 12.8 Å². The van der Waals surface area contributed by atoms with Crippen molar-refractivity contribution in [3.05, 3.63) is 47.6 Å². The molecule has 136 valence electrons. The van der Waals surface area contributed by atoms with Gasteiger partial charge < -0.3 is 5.73 Å². The van der Waals surface area contributed by atoms with Gasteiger partial charge in [0.2, 0.25) is 10.0 Å². The number of aryl methyl sites for hydroxylation is 1. The van der Waals surface area contributed by atoms with Crippen LogP contribution in [0, 0.1) is 13.8 Å². The van der Waals surface area contributed by atoms with Crippen LogP contribution in [-0.4, -0.2) is 43.1 Å². The Labute approximate surface area is 147 Å². The average Bonchev–Trinajstić information content (AvgIpc) is 2.81. The number of aromatic nitrogens is 2. The van der Waals surface area contributed by atoms with Gasteiger partial charge in [0, 0.05) is 31.9 Å². The second-order valence-electron chi connectivity index (χ2n) is 5.91. The first kappa shape index (κ1) is 19.3. The van der Waals surface area contributed by atoms with E-state index in [0.29, 0.717) is 5.69 Å². The molecule has 2 aromatic rings. The molecule has 0 saturated heterocycles. The van der Waals surface area contributed by atoms with Crippen molar-refractivity contribution in [1.82, 2.24) is 14.1 Å². The second-order valence-corrected chi connectivity index (χ2v) is 8.06. The number of hydrogen-bond donors (Lipinski definition) is 1. The van der Waals surface area contributed by atoms with Crippen LogP contribution in [0.1, 0.15) is 11.4 Å². The van der Waals surface area contributed by atoms with Crippen molar-refractivity contribution in [2.45, 2.75) is 25.3 Å². The van der Waals surface area contributed by atoms with Crippen molar-refractivity contribution in [1.29, 1.82) is 0 Å². The van der Waals surface area contributed by atoms with Crippen LogP contribution in [0.2, 0.25) is 0 Å². The van der Waals surface area contributed by atoms with E-state index in [-0.39, 0.29) is 23.8 Å². The van der Waals surface area contributed by atoms with Gasteiger partial charge in [-0.2, -0.15) is 5.10 Å². The van der Waals surface area contributed by atoms with E-state index in [1.165, 1.54) is 24.5 Å². The lowest BCUT2D eigenvalue weighted by Crippen LogP contribution is -2.22. The molecule has 1 aromatic heterocycles. The van der Waals surface area contributed by atoms with E-state index >= 15 is 0 Å². The number of sulfonamides is 1. The molecule has 0 unspecified atom stereocenters. The predicted molar refractivity (Wildman–Crippen MR) is 96.3 cm³/mol. The number of benzene rings is 1. The quantitative estimate of drug-likeness (QED) is 0.850. The van der Waals surface area contributed by atoms with Crippen molar-refractivity contribution in [3.8, 4) is 11.1 Å². The van der Waals surface area contributed by atoms with Gasteiger partial charge in [-0.25, -0.2) is 17.1 Å². The summed E-state index contributed by atoms with van der Waals surface area (Å²) in [5.41, 5.74) is 8.32. The molecule has 2 rings (SSSR count). The molecule has 1 heterocycles. The number of nitrogens with two attached hydrogens (primary N) is 1. The van der Waals surface area contributed by atoms with Crippen LogP contribution >= 0.6 is 0 Å². The molecule has 1 aromatic carbocycles. The van der Waals surface area contributed by atoms with E-state index < -0.39 is 10.0 Å². The Balaban J connectivity index is 2.50. The number of nitrogens with zero attached hydrogens (tertiary/aromatic N) is 3. The summed E-state index contributed by atoms with van der Waals surface area (Å²) >= 11 is 0. The smallest absolute Gasteiger partial charge is 0.242 e. The number of hydrogen-bond acceptors (Lipinski definition) is 4. The highest BCUT2D eigenvalue weighted by molar-refractivity contribution is 7.89. The van der Waals surface area contributed by atoms with E-state index in [1.807, 2.05) is 19.9 Å². The van der Waals surface area contributed by atoms with Gasteiger partial charge in [0.05, 0.1) is 17.1 Å². The zero-order valence-electron chi connectivity index (χ0n) is 14.8. The minimum absolute atomic E-state index is 0.000436. The molecule has 0 aliphatic heterocycles. The molecule has 0 spiro atoms. The number of rotatable bonds is 6. The molecule has 0 aliphatic rings. The van der Waals surface area contributed by atoms with Gasteiger partial charge in [-0.3, -0.25) is 4.68 Å². The summed E-state index contributed by atoms with van der Waals surface area (Å²) in [6.07, 6.45) is 1.31. The largest absolute Gasteiger partial charge is 0.327 e. The SMILES string of the molecule is Cc1nn(C/C(F)=C/CN)c(C)c1-c1cccc(S(=O)(=O)N(C)C)c1. The average molecular weight is 366 g/mol. The highest BCUT2D eigenvalue weighted by Gasteiger charge is 2.20. The van der Waals surface area contributed by atoms with Crippen LogP contribution in [0.3, 0.4) is 0 Å². The number of allylic oxidation sites excluding steroid dienone is 1. The second kappa shape index (κ2) is 7.47. The summed E-state index contributed by atoms with van der Waals surface area (Å²) < 4.78 is 41.2. The molecule has 0 aliphatic carbocycles. The summed E-state index contributed by atoms with van der Waals surface area (Å²) in [6.45, 7) is 3.77. The lowest BCUT2D eigenvalue weighted by atomic mass is 10.0. The van der Waals surface area contributed by atoms with E-state index in [1.54, 1.807) is 22.9 Å². The van der Waals surface area contributed by atoms with Crippen LogP contribution < -0.4 is 5.73 Å². The third-order valence-corrected chi connectivity index (χ3v) is 5.73. The molecule has 0 amide bonds. The van der Waals surface area contributed by atoms with Crippen LogP contribution in [0.5, 0.6) is 0 Å². The van der Waals surface area contributed by atoms with Gasteiger partial charge in [-0.05, 0) is 37.6 Å². The number of halogens is 1. The monoisotopic (exact) mass is 366 g/mol. The maximum absolute atomic E-state index is 13.8. The molecule has 25 heavy (non-hydrogen) atoms. The fourth-order valence-electron chi connectivity index (χ4n) is 2.63. The predicted octanol–water partition coefficient (Wildman–Crippen LogP) is 2.23. The van der Waals surface area contributed by atoms with Crippen molar-refractivity contribution < 1.29 is 12.8 Å². The van der Waals surface area contributed by atoms with Gasteiger partial charge in [-0.1, -0.05) is 12.1 Å². The Kier molecular flexibility index (Phi) is 5.76. The van der Waals surface area contributed by atoms with Gasteiger partial charge >= 0.3 is 0 Å². The topological polar surface area (TPSA) is 81.2 Å². The van der Waals surface area contributed by atoms with Crippen LogP contribution in [0.15, 0.2) is 41.1 Å². The first-order valence-electron chi connectivity index (χ1n) is 7.80. The molecule has 0 radical (unpaired) electrons. The highest BCUT2D eigenvalue weighted by atomic mass is 32.2. The lowest BCUT2D eigenvalue weighted by Gasteiger charge is -2.12. The molecule has 6 nitrogen and oxygen atoms in total. The molecule has 0 fully saturated rings. The minimum Gasteiger partial charge on any atom is -0.327 e. The van der Waals surface area contributed by atoms with Gasteiger partial charge in [0.1, 0.15) is 5.83 Å². The fraction of sp³-hybridized carbons (Fsp3) is 0.353. The maximum Gasteiger partial charge on any atom is 0.242 e. The van der Waals surface area contributed by atoms with Crippen molar-refractivity contribution >= 4 is 10.0 Å². The van der Waals surface area contributed by atoms with Gasteiger partial charge in [-0.15, -0.1) is 0 Å². The summed E-state index contributed by atoms with van der Waals surface area (Å²) in [7, 11) is -0.551. The zero-order chi connectivity index (χ0) is 18.8. The third kappa shape index (κ3) is 3.97. The molecular formula is C17H23FN4O2S. The molecular weight excluding hydrogens is 343 g/mol. The van der Waals surface area contributed by atoms with Gasteiger partial charge in [0.15, 0.2) is 0 Å². The molecule has 0 saturated carbocycles. The lowest BCUT2D eigenvalue weighted by molar-refractivity contribution is 0.517.